The van der Waals surface area contributed by atoms with Crippen molar-refractivity contribution in [2.24, 2.45) is 0 Å². The molecule has 0 unspecified atom stereocenters. The summed E-state index contributed by atoms with van der Waals surface area (Å²) in [7, 11) is 1.61. The zero-order valence-electron chi connectivity index (χ0n) is 12.6. The Morgan fingerprint density at radius 2 is 2.14 bits per heavy atom. The summed E-state index contributed by atoms with van der Waals surface area (Å²) in [5, 5.41) is 10.5. The van der Waals surface area contributed by atoms with Crippen molar-refractivity contribution in [3.05, 3.63) is 24.3 Å². The minimum atomic E-state index is -3.60. The third kappa shape index (κ3) is 3.55. The molecule has 118 valence electrons. The molecular formula is C14H22N2O4S. The minimum Gasteiger partial charge on any atom is -0.497 e. The fraction of sp³-hybridized carbons (Fsp3) is 0.571. The van der Waals surface area contributed by atoms with Crippen LogP contribution in [-0.2, 0) is 10.0 Å². The van der Waals surface area contributed by atoms with Gasteiger partial charge in [-0.25, -0.2) is 8.42 Å². The number of β-amino-alcohol motifs (C(OH)–C–C–N with tert-alkyl or cyclic N) is 1. The molecule has 6 nitrogen and oxygen atoms in total. The second-order valence-electron chi connectivity index (χ2n) is 5.73. The summed E-state index contributed by atoms with van der Waals surface area (Å²) < 4.78 is 31.6. The van der Waals surface area contributed by atoms with Gasteiger partial charge in [0.15, 0.2) is 0 Å². The Labute approximate surface area is 126 Å². The molecule has 0 radical (unpaired) electrons. The van der Waals surface area contributed by atoms with Gasteiger partial charge in [-0.15, -0.1) is 0 Å². The zero-order valence-corrected chi connectivity index (χ0v) is 13.4. The number of rotatable bonds is 5. The van der Waals surface area contributed by atoms with E-state index in [-0.39, 0.29) is 11.4 Å². The lowest BCUT2D eigenvalue weighted by atomic mass is 10.0. The number of hydrogen-bond acceptors (Lipinski definition) is 5. The van der Waals surface area contributed by atoms with Crippen LogP contribution < -0.4 is 4.74 Å². The summed E-state index contributed by atoms with van der Waals surface area (Å²) in [6.45, 7) is 0.881. The summed E-state index contributed by atoms with van der Waals surface area (Å²) in [5.74, 6) is 0.499. The SMILES string of the molecule is COc1cccc(S(=O)(=O)N2CC[C@](O)(CN(C)C)C2)c1. The topological polar surface area (TPSA) is 70.1 Å². The van der Waals surface area contributed by atoms with Gasteiger partial charge in [0.2, 0.25) is 10.0 Å². The van der Waals surface area contributed by atoms with E-state index in [1.54, 1.807) is 18.2 Å². The molecular weight excluding hydrogens is 292 g/mol. The third-order valence-electron chi connectivity index (χ3n) is 3.59. The van der Waals surface area contributed by atoms with E-state index in [1.807, 2.05) is 19.0 Å². The van der Waals surface area contributed by atoms with Crippen molar-refractivity contribution >= 4 is 10.0 Å². The number of methoxy groups -OCH3 is 1. The van der Waals surface area contributed by atoms with Crippen LogP contribution in [0.2, 0.25) is 0 Å². The standard InChI is InChI=1S/C14H22N2O4S/c1-15(2)10-14(17)7-8-16(11-14)21(18,19)13-6-4-5-12(9-13)20-3/h4-6,9,17H,7-8,10-11H2,1-3H3/t14-/m0/s1. The summed E-state index contributed by atoms with van der Waals surface area (Å²) >= 11 is 0. The second kappa shape index (κ2) is 5.92. The van der Waals surface area contributed by atoms with Gasteiger partial charge in [-0.1, -0.05) is 6.07 Å². The molecule has 1 fully saturated rings. The van der Waals surface area contributed by atoms with E-state index in [0.717, 1.165) is 0 Å². The Hall–Kier alpha value is -1.15. The van der Waals surface area contributed by atoms with Crippen molar-refractivity contribution < 1.29 is 18.3 Å². The van der Waals surface area contributed by atoms with Crippen LogP contribution in [0.1, 0.15) is 6.42 Å². The van der Waals surface area contributed by atoms with Gasteiger partial charge < -0.3 is 14.7 Å². The lowest BCUT2D eigenvalue weighted by molar-refractivity contribution is 0.0302. The van der Waals surface area contributed by atoms with Gasteiger partial charge in [-0.2, -0.15) is 4.31 Å². The molecule has 1 aliphatic heterocycles. The van der Waals surface area contributed by atoms with Crippen molar-refractivity contribution in [3.8, 4) is 5.75 Å². The molecule has 0 bridgehead atoms. The Balaban J connectivity index is 2.21. The van der Waals surface area contributed by atoms with E-state index in [0.29, 0.717) is 25.3 Å². The second-order valence-corrected chi connectivity index (χ2v) is 7.67. The van der Waals surface area contributed by atoms with Crippen molar-refractivity contribution in [1.29, 1.82) is 0 Å². The van der Waals surface area contributed by atoms with Gasteiger partial charge in [0.05, 0.1) is 17.6 Å². The fourth-order valence-electron chi connectivity index (χ4n) is 2.65. The maximum atomic E-state index is 12.6. The molecule has 2 rings (SSSR count). The molecule has 0 aromatic heterocycles. The monoisotopic (exact) mass is 314 g/mol. The van der Waals surface area contributed by atoms with Crippen LogP contribution in [-0.4, -0.2) is 69.2 Å². The lowest BCUT2D eigenvalue weighted by Crippen LogP contribution is -2.43. The van der Waals surface area contributed by atoms with Gasteiger partial charge in [0, 0.05) is 25.7 Å². The van der Waals surface area contributed by atoms with E-state index in [2.05, 4.69) is 0 Å². The van der Waals surface area contributed by atoms with Crippen molar-refractivity contribution in [1.82, 2.24) is 9.21 Å². The molecule has 1 N–H and O–H groups in total. The molecule has 1 aliphatic rings. The van der Waals surface area contributed by atoms with Crippen LogP contribution in [0.15, 0.2) is 29.2 Å². The maximum Gasteiger partial charge on any atom is 0.243 e. The highest BCUT2D eigenvalue weighted by molar-refractivity contribution is 7.89. The predicted molar refractivity (Wildman–Crippen MR) is 79.9 cm³/mol. The maximum absolute atomic E-state index is 12.6. The van der Waals surface area contributed by atoms with Gasteiger partial charge >= 0.3 is 0 Å². The van der Waals surface area contributed by atoms with Crippen LogP contribution in [0.3, 0.4) is 0 Å². The van der Waals surface area contributed by atoms with E-state index in [1.165, 1.54) is 17.5 Å². The quantitative estimate of drug-likeness (QED) is 0.851. The van der Waals surface area contributed by atoms with Crippen LogP contribution in [0.4, 0.5) is 0 Å². The molecule has 0 aliphatic carbocycles. The molecule has 21 heavy (non-hydrogen) atoms. The normalized spacial score (nSPS) is 23.7. The minimum absolute atomic E-state index is 0.116. The van der Waals surface area contributed by atoms with Crippen molar-refractivity contribution in [2.45, 2.75) is 16.9 Å². The molecule has 1 saturated heterocycles. The van der Waals surface area contributed by atoms with E-state index >= 15 is 0 Å². The van der Waals surface area contributed by atoms with Crippen LogP contribution in [0.5, 0.6) is 5.75 Å². The summed E-state index contributed by atoms with van der Waals surface area (Å²) in [6.07, 6.45) is 0.439. The molecule has 0 saturated carbocycles. The van der Waals surface area contributed by atoms with Crippen LogP contribution >= 0.6 is 0 Å². The van der Waals surface area contributed by atoms with Gasteiger partial charge in [0.1, 0.15) is 5.75 Å². The van der Waals surface area contributed by atoms with Gasteiger partial charge in [-0.05, 0) is 32.6 Å². The molecule has 7 heteroatoms. The van der Waals surface area contributed by atoms with Crippen LogP contribution in [0.25, 0.3) is 0 Å². The summed E-state index contributed by atoms with van der Waals surface area (Å²) in [4.78, 5) is 2.05. The number of nitrogens with zero attached hydrogens (tertiary/aromatic N) is 2. The first-order valence-corrected chi connectivity index (χ1v) is 8.22. The molecule has 1 aromatic carbocycles. The van der Waals surface area contributed by atoms with E-state index in [9.17, 15) is 13.5 Å². The van der Waals surface area contributed by atoms with E-state index in [4.69, 9.17) is 4.74 Å². The third-order valence-corrected chi connectivity index (χ3v) is 5.43. The average molecular weight is 314 g/mol. The summed E-state index contributed by atoms with van der Waals surface area (Å²) in [6, 6.07) is 6.39. The first-order valence-electron chi connectivity index (χ1n) is 6.78. The molecule has 0 spiro atoms. The van der Waals surface area contributed by atoms with Crippen molar-refractivity contribution in [3.63, 3.8) is 0 Å². The Kier molecular flexibility index (Phi) is 4.57. The summed E-state index contributed by atoms with van der Waals surface area (Å²) in [5.41, 5.74) is -0.991. The van der Waals surface area contributed by atoms with Crippen LogP contribution in [0, 0.1) is 0 Å². The predicted octanol–water partition coefficient (Wildman–Crippen LogP) is 0.382. The number of ether oxygens (including phenoxy) is 1. The Bertz CT molecular complexity index is 603. The van der Waals surface area contributed by atoms with Crippen molar-refractivity contribution in [2.75, 3.05) is 40.8 Å². The molecule has 1 aromatic rings. The number of likely N-dealkylation sites (N-methyl/N-ethyl adjacent to an activating group) is 1. The highest BCUT2D eigenvalue weighted by Gasteiger charge is 2.41. The Morgan fingerprint density at radius 1 is 1.43 bits per heavy atom. The number of sulfonamides is 1. The lowest BCUT2D eigenvalue weighted by Gasteiger charge is -2.26. The van der Waals surface area contributed by atoms with Gasteiger partial charge in [0.25, 0.3) is 0 Å². The first kappa shape index (κ1) is 16.2. The average Bonchev–Trinajstić information content (AvgIpc) is 2.80. The van der Waals surface area contributed by atoms with Gasteiger partial charge in [-0.3, -0.25) is 0 Å². The largest absolute Gasteiger partial charge is 0.497 e. The molecule has 1 heterocycles. The zero-order chi connectivity index (χ0) is 15.7. The number of aliphatic hydroxyl groups is 1. The Morgan fingerprint density at radius 3 is 2.76 bits per heavy atom. The first-order chi connectivity index (χ1) is 9.77. The number of benzene rings is 1. The number of hydrogen-bond donors (Lipinski definition) is 1. The van der Waals surface area contributed by atoms with E-state index < -0.39 is 15.6 Å². The smallest absolute Gasteiger partial charge is 0.243 e. The highest BCUT2D eigenvalue weighted by atomic mass is 32.2. The molecule has 1 atom stereocenters. The highest BCUT2D eigenvalue weighted by Crippen LogP contribution is 2.28. The molecule has 0 amide bonds. The fourth-order valence-corrected chi connectivity index (χ4v) is 4.21.